The number of benzene rings is 1. The lowest BCUT2D eigenvalue weighted by Crippen LogP contribution is -2.08. The van der Waals surface area contributed by atoms with Crippen molar-refractivity contribution in [3.63, 3.8) is 0 Å². The fourth-order valence-electron chi connectivity index (χ4n) is 1.68. The third-order valence-corrected chi connectivity index (χ3v) is 2.67. The van der Waals surface area contributed by atoms with Crippen LogP contribution in [0.25, 0.3) is 0 Å². The Balaban J connectivity index is 2.41. The Morgan fingerprint density at radius 3 is 2.50 bits per heavy atom. The zero-order chi connectivity index (χ0) is 14.8. The highest BCUT2D eigenvalue weighted by Gasteiger charge is 2.34. The van der Waals surface area contributed by atoms with Crippen LogP contribution in [0, 0.1) is 6.92 Å². The second-order valence-electron chi connectivity index (χ2n) is 4.00. The molecule has 1 aromatic heterocycles. The van der Waals surface area contributed by atoms with E-state index in [-0.39, 0.29) is 11.6 Å². The Labute approximate surface area is 113 Å². The number of rotatable bonds is 3. The fourth-order valence-corrected chi connectivity index (χ4v) is 1.68. The minimum absolute atomic E-state index is 0.0843. The van der Waals surface area contributed by atoms with Crippen molar-refractivity contribution < 1.29 is 17.9 Å². The van der Waals surface area contributed by atoms with Gasteiger partial charge in [0.1, 0.15) is 17.9 Å². The van der Waals surface area contributed by atoms with E-state index in [2.05, 4.69) is 15.3 Å². The van der Waals surface area contributed by atoms with Gasteiger partial charge < -0.3 is 10.1 Å². The first kappa shape index (κ1) is 14.1. The zero-order valence-corrected chi connectivity index (χ0v) is 10.8. The molecule has 4 nitrogen and oxygen atoms in total. The molecule has 0 atom stereocenters. The van der Waals surface area contributed by atoms with Crippen molar-refractivity contribution in [3.05, 3.63) is 41.7 Å². The second kappa shape index (κ2) is 5.36. The normalized spacial score (nSPS) is 11.2. The van der Waals surface area contributed by atoms with E-state index in [1.807, 2.05) is 0 Å². The molecule has 0 aliphatic carbocycles. The van der Waals surface area contributed by atoms with Gasteiger partial charge in [0.05, 0.1) is 11.1 Å². The van der Waals surface area contributed by atoms with E-state index in [0.717, 1.165) is 6.07 Å². The summed E-state index contributed by atoms with van der Waals surface area (Å²) in [5.74, 6) is 0.296. The SMILES string of the molecule is CNc1ncnc(Oc2ccccc2C(F)(F)F)c1C. The topological polar surface area (TPSA) is 47.0 Å². The highest BCUT2D eigenvalue weighted by molar-refractivity contribution is 5.49. The molecule has 0 radical (unpaired) electrons. The van der Waals surface area contributed by atoms with Gasteiger partial charge in [0, 0.05) is 7.05 Å². The van der Waals surface area contributed by atoms with Gasteiger partial charge in [-0.1, -0.05) is 12.1 Å². The van der Waals surface area contributed by atoms with E-state index in [0.29, 0.717) is 11.4 Å². The lowest BCUT2D eigenvalue weighted by atomic mass is 10.2. The Bertz CT molecular complexity index is 614. The van der Waals surface area contributed by atoms with Crippen LogP contribution in [0.4, 0.5) is 19.0 Å². The summed E-state index contributed by atoms with van der Waals surface area (Å²) >= 11 is 0. The van der Waals surface area contributed by atoms with E-state index >= 15 is 0 Å². The van der Waals surface area contributed by atoms with Gasteiger partial charge in [-0.25, -0.2) is 9.97 Å². The molecule has 0 spiro atoms. The molecular weight excluding hydrogens is 271 g/mol. The van der Waals surface area contributed by atoms with Crippen molar-refractivity contribution in [2.24, 2.45) is 0 Å². The number of hydrogen-bond acceptors (Lipinski definition) is 4. The smallest absolute Gasteiger partial charge is 0.419 e. The molecule has 0 aliphatic rings. The number of ether oxygens (including phenoxy) is 1. The molecule has 0 aliphatic heterocycles. The van der Waals surface area contributed by atoms with Crippen LogP contribution >= 0.6 is 0 Å². The van der Waals surface area contributed by atoms with E-state index < -0.39 is 11.7 Å². The number of halogens is 3. The molecule has 1 aromatic carbocycles. The Morgan fingerprint density at radius 2 is 1.85 bits per heavy atom. The van der Waals surface area contributed by atoms with Crippen molar-refractivity contribution in [2.75, 3.05) is 12.4 Å². The largest absolute Gasteiger partial charge is 0.438 e. The van der Waals surface area contributed by atoms with Gasteiger partial charge in [0.2, 0.25) is 5.88 Å². The van der Waals surface area contributed by atoms with Crippen LogP contribution < -0.4 is 10.1 Å². The van der Waals surface area contributed by atoms with Gasteiger partial charge in [-0.2, -0.15) is 13.2 Å². The van der Waals surface area contributed by atoms with Crippen molar-refractivity contribution in [1.82, 2.24) is 9.97 Å². The predicted molar refractivity (Wildman–Crippen MR) is 67.8 cm³/mol. The molecule has 2 aromatic rings. The van der Waals surface area contributed by atoms with Crippen molar-refractivity contribution in [2.45, 2.75) is 13.1 Å². The minimum atomic E-state index is -4.48. The third-order valence-electron chi connectivity index (χ3n) is 2.67. The molecule has 0 saturated heterocycles. The zero-order valence-electron chi connectivity index (χ0n) is 10.8. The Kier molecular flexibility index (Phi) is 3.78. The summed E-state index contributed by atoms with van der Waals surface area (Å²) in [5, 5.41) is 2.81. The maximum Gasteiger partial charge on any atom is 0.419 e. The number of para-hydroxylation sites is 1. The second-order valence-corrected chi connectivity index (χ2v) is 4.00. The lowest BCUT2D eigenvalue weighted by Gasteiger charge is -2.14. The number of hydrogen-bond donors (Lipinski definition) is 1. The monoisotopic (exact) mass is 283 g/mol. The average molecular weight is 283 g/mol. The molecule has 7 heteroatoms. The summed E-state index contributed by atoms with van der Waals surface area (Å²) in [4.78, 5) is 7.81. The van der Waals surface area contributed by atoms with Crippen LogP contribution in [0.1, 0.15) is 11.1 Å². The lowest BCUT2D eigenvalue weighted by molar-refractivity contribution is -0.138. The Hall–Kier alpha value is -2.31. The third kappa shape index (κ3) is 2.81. The summed E-state index contributed by atoms with van der Waals surface area (Å²) in [6.45, 7) is 1.66. The first-order valence-electron chi connectivity index (χ1n) is 5.77. The number of anilines is 1. The van der Waals surface area contributed by atoms with Gasteiger partial charge in [-0.3, -0.25) is 0 Å². The minimum Gasteiger partial charge on any atom is -0.438 e. The average Bonchev–Trinajstić information content (AvgIpc) is 2.40. The van der Waals surface area contributed by atoms with E-state index in [1.165, 1.54) is 24.5 Å². The maximum atomic E-state index is 12.9. The molecule has 0 fully saturated rings. The summed E-state index contributed by atoms with van der Waals surface area (Å²) in [7, 11) is 1.66. The van der Waals surface area contributed by atoms with Crippen LogP contribution in [0.2, 0.25) is 0 Å². The summed E-state index contributed by atoms with van der Waals surface area (Å²) in [5.41, 5.74) is -0.309. The van der Waals surface area contributed by atoms with Crippen LogP contribution in [-0.2, 0) is 6.18 Å². The number of nitrogens with zero attached hydrogens (tertiary/aromatic N) is 2. The molecule has 0 bridgehead atoms. The molecule has 1 heterocycles. The van der Waals surface area contributed by atoms with Crippen LogP contribution in [-0.4, -0.2) is 17.0 Å². The molecule has 0 saturated carbocycles. The van der Waals surface area contributed by atoms with Crippen molar-refractivity contribution in [3.8, 4) is 11.6 Å². The quantitative estimate of drug-likeness (QED) is 0.934. The highest BCUT2D eigenvalue weighted by atomic mass is 19.4. The van der Waals surface area contributed by atoms with Crippen molar-refractivity contribution >= 4 is 5.82 Å². The molecular formula is C13H12F3N3O. The highest BCUT2D eigenvalue weighted by Crippen LogP contribution is 2.38. The molecule has 1 N–H and O–H groups in total. The molecule has 0 unspecified atom stereocenters. The Morgan fingerprint density at radius 1 is 1.15 bits per heavy atom. The van der Waals surface area contributed by atoms with Gasteiger partial charge in [-0.05, 0) is 19.1 Å². The first-order chi connectivity index (χ1) is 9.43. The first-order valence-corrected chi connectivity index (χ1v) is 5.77. The van der Waals surface area contributed by atoms with Crippen LogP contribution in [0.5, 0.6) is 11.6 Å². The van der Waals surface area contributed by atoms with Crippen molar-refractivity contribution in [1.29, 1.82) is 0 Å². The van der Waals surface area contributed by atoms with E-state index in [1.54, 1.807) is 14.0 Å². The summed E-state index contributed by atoms with van der Waals surface area (Å²) < 4.78 is 43.9. The molecule has 2 rings (SSSR count). The predicted octanol–water partition coefficient (Wildman–Crippen LogP) is 3.64. The van der Waals surface area contributed by atoms with Crippen LogP contribution in [0.15, 0.2) is 30.6 Å². The van der Waals surface area contributed by atoms with E-state index in [9.17, 15) is 13.2 Å². The fraction of sp³-hybridized carbons (Fsp3) is 0.231. The molecule has 0 amide bonds. The molecule has 106 valence electrons. The van der Waals surface area contributed by atoms with Gasteiger partial charge >= 0.3 is 6.18 Å². The number of aromatic nitrogens is 2. The van der Waals surface area contributed by atoms with Crippen LogP contribution in [0.3, 0.4) is 0 Å². The van der Waals surface area contributed by atoms with E-state index in [4.69, 9.17) is 4.74 Å². The van der Waals surface area contributed by atoms with Gasteiger partial charge in [0.25, 0.3) is 0 Å². The summed E-state index contributed by atoms with van der Waals surface area (Å²) in [6, 6.07) is 5.00. The molecule has 20 heavy (non-hydrogen) atoms. The maximum absolute atomic E-state index is 12.9. The summed E-state index contributed by atoms with van der Waals surface area (Å²) in [6.07, 6.45) is -3.26. The number of alkyl halides is 3. The van der Waals surface area contributed by atoms with Gasteiger partial charge in [0.15, 0.2) is 0 Å². The standard InChI is InChI=1S/C13H12F3N3O/c1-8-11(17-2)18-7-19-12(8)20-10-6-4-3-5-9(10)13(14,15)16/h3-7H,1-2H3,(H,17,18,19). The number of nitrogens with one attached hydrogen (secondary N) is 1. The van der Waals surface area contributed by atoms with Gasteiger partial charge in [-0.15, -0.1) is 0 Å².